The lowest BCUT2D eigenvalue weighted by atomic mass is 10.9. The lowest BCUT2D eigenvalue weighted by Crippen LogP contribution is -2.09. The van der Waals surface area contributed by atoms with Crippen molar-refractivity contribution >= 4 is 6.03 Å². The van der Waals surface area contributed by atoms with Crippen LogP contribution in [0.2, 0.25) is 0 Å². The lowest BCUT2D eigenvalue weighted by Gasteiger charge is -1.83. The van der Waals surface area contributed by atoms with Crippen LogP contribution in [0.5, 0.6) is 0 Å². The van der Waals surface area contributed by atoms with Crippen molar-refractivity contribution in [3.8, 4) is 0 Å². The van der Waals surface area contributed by atoms with Gasteiger partial charge in [0.2, 0.25) is 0 Å². The van der Waals surface area contributed by atoms with Gasteiger partial charge in [-0.05, 0) is 11.7 Å². The summed E-state index contributed by atoms with van der Waals surface area (Å²) in [6.07, 6.45) is 1.14. The van der Waals surface area contributed by atoms with Crippen molar-refractivity contribution in [1.29, 1.82) is 0 Å². The number of urea groups is 1. The molecule has 0 saturated heterocycles. The van der Waals surface area contributed by atoms with Gasteiger partial charge in [-0.15, -0.1) is 0 Å². The summed E-state index contributed by atoms with van der Waals surface area (Å²) in [5.41, 5.74) is 7.63. The zero-order chi connectivity index (χ0) is 6.41. The first-order valence-corrected chi connectivity index (χ1v) is 1.77. The van der Waals surface area contributed by atoms with Crippen LogP contribution in [-0.4, -0.2) is 6.03 Å². The minimum Gasteiger partial charge on any atom is -0.328 e. The summed E-state index contributed by atoms with van der Waals surface area (Å²) in [6.45, 7) is 3.17. The van der Waals surface area contributed by atoms with Crippen molar-refractivity contribution in [2.24, 2.45) is 5.11 Å². The number of carbonyl (C=O) groups excluding carboxylic acids is 1. The van der Waals surface area contributed by atoms with Gasteiger partial charge in [0.25, 0.3) is 0 Å². The molecule has 0 fully saturated rings. The van der Waals surface area contributed by atoms with Crippen molar-refractivity contribution in [2.45, 2.75) is 0 Å². The maximum Gasteiger partial charge on any atom is 0.312 e. The van der Waals surface area contributed by atoms with Crippen LogP contribution >= 0.6 is 0 Å². The van der Waals surface area contributed by atoms with Gasteiger partial charge in [-0.1, -0.05) is 6.58 Å². The van der Waals surface area contributed by atoms with E-state index in [-0.39, 0.29) is 0 Å². The molecule has 0 aromatic rings. The minimum absolute atomic E-state index is 0.748. The van der Waals surface area contributed by atoms with Crippen LogP contribution in [0.15, 0.2) is 17.9 Å². The van der Waals surface area contributed by atoms with Crippen molar-refractivity contribution in [3.63, 3.8) is 0 Å². The number of hydrogen-bond donors (Lipinski definition) is 1. The molecule has 0 aromatic carbocycles. The third-order valence-electron chi connectivity index (χ3n) is 0.361. The fourth-order valence-electron chi connectivity index (χ4n) is 0.157. The van der Waals surface area contributed by atoms with E-state index in [0.29, 0.717) is 0 Å². The lowest BCUT2D eigenvalue weighted by molar-refractivity contribution is 0.252. The molecule has 8 heavy (non-hydrogen) atoms. The molecule has 0 radical (unpaired) electrons. The normalized spacial score (nSPS) is 6.50. The highest BCUT2D eigenvalue weighted by Crippen LogP contribution is 1.71. The molecule has 5 nitrogen and oxygen atoms in total. The average Bonchev–Trinajstić information content (AvgIpc) is 1.68. The van der Waals surface area contributed by atoms with Gasteiger partial charge in [0, 0.05) is 10.0 Å². The Kier molecular flexibility index (Phi) is 3.02. The van der Waals surface area contributed by atoms with E-state index >= 15 is 0 Å². The van der Waals surface area contributed by atoms with Crippen LogP contribution in [-0.2, 0) is 0 Å². The Hall–Kier alpha value is -1.48. The van der Waals surface area contributed by atoms with Gasteiger partial charge in [-0.2, -0.15) is 0 Å². The SMILES string of the molecule is C=CNC(=O)N=[N+]=[N-]. The van der Waals surface area contributed by atoms with Crippen molar-refractivity contribution in [3.05, 3.63) is 23.2 Å². The Labute approximate surface area is 45.6 Å². The Bertz CT molecular complexity index is 145. The second kappa shape index (κ2) is 3.70. The van der Waals surface area contributed by atoms with E-state index < -0.39 is 6.03 Å². The summed E-state index contributed by atoms with van der Waals surface area (Å²) < 4.78 is 0. The van der Waals surface area contributed by atoms with Gasteiger partial charge in [0.1, 0.15) is 0 Å². The van der Waals surface area contributed by atoms with Crippen LogP contribution in [0.4, 0.5) is 4.79 Å². The van der Waals surface area contributed by atoms with Crippen LogP contribution < -0.4 is 5.32 Å². The Morgan fingerprint density at radius 2 is 2.62 bits per heavy atom. The molecule has 0 atom stereocenters. The molecule has 0 rings (SSSR count). The second-order valence-corrected chi connectivity index (χ2v) is 0.843. The van der Waals surface area contributed by atoms with E-state index in [1.807, 2.05) is 0 Å². The summed E-state index contributed by atoms with van der Waals surface area (Å²) in [5.74, 6) is 0. The van der Waals surface area contributed by atoms with E-state index in [4.69, 9.17) is 5.53 Å². The number of rotatable bonds is 1. The number of carbonyl (C=O) groups is 1. The third kappa shape index (κ3) is 2.74. The predicted octanol–water partition coefficient (Wildman–Crippen LogP) is 1.15. The van der Waals surface area contributed by atoms with Gasteiger partial charge < -0.3 is 5.32 Å². The molecule has 0 unspecified atom stereocenters. The molecule has 0 saturated carbocycles. The third-order valence-corrected chi connectivity index (χ3v) is 0.361. The maximum atomic E-state index is 10.0. The molecule has 2 amide bonds. The summed E-state index contributed by atoms with van der Waals surface area (Å²) in [5, 5.41) is 4.72. The molecular weight excluding hydrogens is 108 g/mol. The predicted molar refractivity (Wildman–Crippen MR) is 27.9 cm³/mol. The average molecular weight is 112 g/mol. The Balaban J connectivity index is 3.65. The summed E-state index contributed by atoms with van der Waals surface area (Å²) in [4.78, 5) is 12.3. The minimum atomic E-state index is -0.748. The molecule has 0 bridgehead atoms. The van der Waals surface area contributed by atoms with Crippen molar-refractivity contribution < 1.29 is 4.79 Å². The van der Waals surface area contributed by atoms with E-state index in [9.17, 15) is 4.79 Å². The number of nitrogens with one attached hydrogen (secondary N) is 1. The first kappa shape index (κ1) is 6.52. The first-order chi connectivity index (χ1) is 3.81. The van der Waals surface area contributed by atoms with E-state index in [0.717, 1.165) is 6.20 Å². The Morgan fingerprint density at radius 3 is 3.00 bits per heavy atom. The molecule has 1 N–H and O–H groups in total. The van der Waals surface area contributed by atoms with Crippen LogP contribution in [0.25, 0.3) is 10.4 Å². The highest BCUT2D eigenvalue weighted by molar-refractivity contribution is 5.75. The number of amides is 2. The first-order valence-electron chi connectivity index (χ1n) is 1.77. The molecule has 0 aromatic heterocycles. The summed E-state index contributed by atoms with van der Waals surface area (Å²) in [7, 11) is 0. The molecular formula is C3H4N4O. The van der Waals surface area contributed by atoms with Gasteiger partial charge in [-0.25, -0.2) is 0 Å². The van der Waals surface area contributed by atoms with Gasteiger partial charge in [0.05, 0.1) is 0 Å². The highest BCUT2D eigenvalue weighted by atomic mass is 16.2. The van der Waals surface area contributed by atoms with Crippen LogP contribution in [0.3, 0.4) is 0 Å². The molecule has 5 heteroatoms. The fourth-order valence-corrected chi connectivity index (χ4v) is 0.157. The fraction of sp³-hybridized carbons (Fsp3) is 0. The van der Waals surface area contributed by atoms with E-state index in [1.165, 1.54) is 0 Å². The van der Waals surface area contributed by atoms with Crippen molar-refractivity contribution in [2.75, 3.05) is 0 Å². The van der Waals surface area contributed by atoms with E-state index in [2.05, 4.69) is 21.9 Å². The molecule has 42 valence electrons. The van der Waals surface area contributed by atoms with E-state index in [1.54, 1.807) is 0 Å². The molecule has 0 aliphatic carbocycles. The Morgan fingerprint density at radius 1 is 2.00 bits per heavy atom. The highest BCUT2D eigenvalue weighted by Gasteiger charge is 1.85. The number of hydrogen-bond acceptors (Lipinski definition) is 1. The molecule has 0 aliphatic heterocycles. The van der Waals surface area contributed by atoms with Gasteiger partial charge in [-0.3, -0.25) is 4.79 Å². The van der Waals surface area contributed by atoms with Crippen molar-refractivity contribution in [1.82, 2.24) is 5.32 Å². The van der Waals surface area contributed by atoms with Crippen LogP contribution in [0, 0.1) is 0 Å². The molecule has 0 aliphatic rings. The summed E-state index contributed by atoms with van der Waals surface area (Å²) in [6, 6.07) is -0.748. The monoisotopic (exact) mass is 112 g/mol. The maximum absolute atomic E-state index is 10.0. The topological polar surface area (TPSA) is 77.9 Å². The second-order valence-electron chi connectivity index (χ2n) is 0.843. The zero-order valence-corrected chi connectivity index (χ0v) is 4.03. The quantitative estimate of drug-likeness (QED) is 0.308. The largest absolute Gasteiger partial charge is 0.328 e. The van der Waals surface area contributed by atoms with Gasteiger partial charge >= 0.3 is 6.03 Å². The smallest absolute Gasteiger partial charge is 0.312 e. The zero-order valence-electron chi connectivity index (χ0n) is 4.03. The van der Waals surface area contributed by atoms with Gasteiger partial charge in [0.15, 0.2) is 0 Å². The molecule has 0 spiro atoms. The summed E-state index contributed by atoms with van der Waals surface area (Å²) >= 11 is 0. The number of azide groups is 1. The number of nitrogens with zero attached hydrogens (tertiary/aromatic N) is 3. The van der Waals surface area contributed by atoms with Crippen LogP contribution in [0.1, 0.15) is 0 Å². The standard InChI is InChI=1S/C3H4N4O/c1-2-5-3(8)6-7-4/h2H,1H2,(H,5,8). The molecule has 0 heterocycles.